The van der Waals surface area contributed by atoms with Crippen molar-refractivity contribution in [2.45, 2.75) is 12.5 Å². The van der Waals surface area contributed by atoms with Crippen molar-refractivity contribution in [2.75, 3.05) is 68.1 Å². The molecule has 2 aliphatic rings. The fourth-order valence-electron chi connectivity index (χ4n) is 4.59. The lowest BCUT2D eigenvalue weighted by atomic mass is 10.1. The fourth-order valence-corrected chi connectivity index (χ4v) is 4.64. The van der Waals surface area contributed by atoms with Gasteiger partial charge in [0, 0.05) is 62.2 Å². The molecule has 182 valence electrons. The third-order valence-electron chi connectivity index (χ3n) is 6.52. The van der Waals surface area contributed by atoms with Gasteiger partial charge in [-0.25, -0.2) is 8.78 Å². The minimum absolute atomic E-state index is 0.0581. The van der Waals surface area contributed by atoms with E-state index in [0.29, 0.717) is 30.4 Å². The molecule has 0 aliphatic carbocycles. The lowest BCUT2D eigenvalue weighted by Gasteiger charge is -2.38. The monoisotopic (exact) mass is 487 g/mol. The minimum Gasteiger partial charge on any atom is -0.375 e. The average Bonchev–Trinajstić information content (AvgIpc) is 3.30. The van der Waals surface area contributed by atoms with Crippen LogP contribution < -0.4 is 25.9 Å². The van der Waals surface area contributed by atoms with Crippen LogP contribution in [0.2, 0.25) is 0 Å². The van der Waals surface area contributed by atoms with Crippen LogP contribution in [-0.4, -0.2) is 75.6 Å². The highest BCUT2D eigenvalue weighted by molar-refractivity contribution is 7.80. The van der Waals surface area contributed by atoms with Crippen molar-refractivity contribution in [3.8, 4) is 0 Å². The second-order valence-electron chi connectivity index (χ2n) is 8.90. The Kier molecular flexibility index (Phi) is 7.47. The first-order valence-corrected chi connectivity index (χ1v) is 11.8. The summed E-state index contributed by atoms with van der Waals surface area (Å²) < 4.78 is 28.6. The summed E-state index contributed by atoms with van der Waals surface area (Å²) in [7, 11) is 4.17. The number of nitrogens with two attached hydrogens (primary N) is 1. The zero-order valence-corrected chi connectivity index (χ0v) is 20.4. The zero-order chi connectivity index (χ0) is 24.2. The van der Waals surface area contributed by atoms with Crippen LogP contribution in [0.5, 0.6) is 0 Å². The molecule has 0 bridgehead atoms. The van der Waals surface area contributed by atoms with Crippen molar-refractivity contribution in [3.05, 3.63) is 53.6 Å². The molecule has 34 heavy (non-hydrogen) atoms. The highest BCUT2D eigenvalue weighted by Crippen LogP contribution is 2.33. The minimum atomic E-state index is -0.292. The first-order valence-electron chi connectivity index (χ1n) is 11.4. The highest BCUT2D eigenvalue weighted by Gasteiger charge is 2.28. The number of nitrogens with zero attached hydrogens (tertiary/aromatic N) is 5. The zero-order valence-electron chi connectivity index (χ0n) is 19.5. The van der Waals surface area contributed by atoms with E-state index in [1.807, 2.05) is 6.07 Å². The predicted molar refractivity (Wildman–Crippen MR) is 139 cm³/mol. The molecule has 0 aromatic heterocycles. The molecule has 0 radical (unpaired) electrons. The first kappa shape index (κ1) is 24.2. The van der Waals surface area contributed by atoms with E-state index in [0.717, 1.165) is 44.0 Å². The summed E-state index contributed by atoms with van der Waals surface area (Å²) in [4.78, 5) is 8.78. The van der Waals surface area contributed by atoms with Crippen LogP contribution in [0.25, 0.3) is 0 Å². The molecule has 2 heterocycles. The Morgan fingerprint density at radius 2 is 1.71 bits per heavy atom. The van der Waals surface area contributed by atoms with E-state index < -0.39 is 0 Å². The molecule has 0 saturated carbocycles. The second kappa shape index (κ2) is 10.5. The molecule has 2 aliphatic heterocycles. The Labute approximate surface area is 204 Å². The summed E-state index contributed by atoms with van der Waals surface area (Å²) in [5, 5.41) is 4.13. The molecule has 1 unspecified atom stereocenters. The fraction of sp³-hybridized carbons (Fsp3) is 0.417. The molecule has 7 nitrogen and oxygen atoms in total. The Bertz CT molecular complexity index is 1040. The topological polar surface area (TPSA) is 63.4 Å². The van der Waals surface area contributed by atoms with E-state index in [1.165, 1.54) is 18.2 Å². The number of halogens is 2. The van der Waals surface area contributed by atoms with Crippen LogP contribution in [0, 0.1) is 11.6 Å². The van der Waals surface area contributed by atoms with E-state index in [2.05, 4.69) is 44.2 Å². The van der Waals surface area contributed by atoms with E-state index in [4.69, 9.17) is 18.0 Å². The largest absolute Gasteiger partial charge is 0.375 e. The molecular weight excluding hydrogens is 456 g/mol. The molecule has 4 rings (SSSR count). The third-order valence-corrected chi connectivity index (χ3v) is 6.61. The van der Waals surface area contributed by atoms with Crippen molar-refractivity contribution in [3.63, 3.8) is 0 Å². The number of benzene rings is 2. The number of hydrogen-bond donors (Lipinski definition) is 2. The SMILES string of the molecule is CN(C)C1CCN(c2cc(N3CCN(c4ccc(F)cc4)CC3)c(F)cc2C=NNC(N)=S)C1. The van der Waals surface area contributed by atoms with E-state index >= 15 is 4.39 Å². The first-order chi connectivity index (χ1) is 16.3. The van der Waals surface area contributed by atoms with Crippen molar-refractivity contribution < 1.29 is 8.78 Å². The molecule has 2 fully saturated rings. The van der Waals surface area contributed by atoms with Crippen LogP contribution in [0.1, 0.15) is 12.0 Å². The van der Waals surface area contributed by atoms with Gasteiger partial charge in [0.1, 0.15) is 11.6 Å². The van der Waals surface area contributed by atoms with Crippen LogP contribution in [0.15, 0.2) is 41.5 Å². The third kappa shape index (κ3) is 5.56. The Hall–Kier alpha value is -2.98. The van der Waals surface area contributed by atoms with Crippen molar-refractivity contribution in [2.24, 2.45) is 10.8 Å². The maximum Gasteiger partial charge on any atom is 0.184 e. The number of anilines is 3. The number of likely N-dealkylation sites (N-methyl/N-ethyl adjacent to an activating group) is 1. The summed E-state index contributed by atoms with van der Waals surface area (Å²) in [6.45, 7) is 4.55. The van der Waals surface area contributed by atoms with E-state index in [-0.39, 0.29) is 16.7 Å². The smallest absolute Gasteiger partial charge is 0.184 e. The Morgan fingerprint density at radius 1 is 1.03 bits per heavy atom. The van der Waals surface area contributed by atoms with Crippen LogP contribution in [0.3, 0.4) is 0 Å². The standard InChI is InChI=1S/C24H31F2N7S/c1-30(2)20-7-8-33(16-20)22-14-23(21(26)13-17(22)15-28-29-24(27)34)32-11-9-31(10-12-32)19-5-3-18(25)4-6-19/h3-6,13-15,20H,7-12,16H2,1-2H3,(H3,27,29,34). The number of thiocarbonyl (C=S) groups is 1. The molecular formula is C24H31F2N7S. The van der Waals surface area contributed by atoms with Crippen LogP contribution in [-0.2, 0) is 0 Å². The lowest BCUT2D eigenvalue weighted by molar-refractivity contribution is 0.315. The normalized spacial score (nSPS) is 18.9. The molecule has 2 saturated heterocycles. The van der Waals surface area contributed by atoms with Gasteiger partial charge in [0.15, 0.2) is 5.11 Å². The predicted octanol–water partition coefficient (Wildman–Crippen LogP) is 2.60. The summed E-state index contributed by atoms with van der Waals surface area (Å²) in [5.74, 6) is -0.540. The van der Waals surface area contributed by atoms with Crippen molar-refractivity contribution >= 4 is 40.6 Å². The lowest BCUT2D eigenvalue weighted by Crippen LogP contribution is -2.47. The van der Waals surface area contributed by atoms with Crippen LogP contribution in [0.4, 0.5) is 25.8 Å². The summed E-state index contributed by atoms with van der Waals surface area (Å²) >= 11 is 4.81. The van der Waals surface area contributed by atoms with Gasteiger partial charge in [-0.1, -0.05) is 0 Å². The number of rotatable bonds is 6. The van der Waals surface area contributed by atoms with Gasteiger partial charge in [-0.15, -0.1) is 0 Å². The molecule has 1 atom stereocenters. The van der Waals surface area contributed by atoms with Gasteiger partial charge in [0.2, 0.25) is 0 Å². The molecule has 0 amide bonds. The summed E-state index contributed by atoms with van der Waals surface area (Å²) in [6, 6.07) is 10.4. The van der Waals surface area contributed by atoms with E-state index in [9.17, 15) is 4.39 Å². The van der Waals surface area contributed by atoms with Gasteiger partial charge in [-0.2, -0.15) is 5.10 Å². The second-order valence-corrected chi connectivity index (χ2v) is 9.34. The highest BCUT2D eigenvalue weighted by atomic mass is 32.1. The molecule has 3 N–H and O–H groups in total. The van der Waals surface area contributed by atoms with Gasteiger partial charge in [0.05, 0.1) is 11.9 Å². The molecule has 0 spiro atoms. The Morgan fingerprint density at radius 3 is 2.32 bits per heavy atom. The molecule has 10 heteroatoms. The maximum absolute atomic E-state index is 15.3. The molecule has 2 aromatic rings. The van der Waals surface area contributed by atoms with Gasteiger partial charge in [0.25, 0.3) is 0 Å². The number of piperazine rings is 1. The number of hydrogen-bond acceptors (Lipinski definition) is 6. The quantitative estimate of drug-likeness (QED) is 0.369. The van der Waals surface area contributed by atoms with Crippen LogP contribution >= 0.6 is 12.2 Å². The summed E-state index contributed by atoms with van der Waals surface area (Å²) in [5.41, 5.74) is 11.2. The molecule has 2 aromatic carbocycles. The maximum atomic E-state index is 15.3. The van der Waals surface area contributed by atoms with Gasteiger partial charge >= 0.3 is 0 Å². The van der Waals surface area contributed by atoms with Gasteiger partial charge in [-0.05, 0) is 69.1 Å². The van der Waals surface area contributed by atoms with Gasteiger partial charge in [-0.3, -0.25) is 5.43 Å². The van der Waals surface area contributed by atoms with Crippen molar-refractivity contribution in [1.29, 1.82) is 0 Å². The Balaban J connectivity index is 1.56. The average molecular weight is 488 g/mol. The summed E-state index contributed by atoms with van der Waals surface area (Å²) in [6.07, 6.45) is 2.61. The van der Waals surface area contributed by atoms with Crippen molar-refractivity contribution in [1.82, 2.24) is 10.3 Å². The van der Waals surface area contributed by atoms with E-state index in [1.54, 1.807) is 18.3 Å². The van der Waals surface area contributed by atoms with Gasteiger partial charge < -0.3 is 25.3 Å². The number of nitrogens with one attached hydrogen (secondary N) is 1. The number of hydrazone groups is 1.